The van der Waals surface area contributed by atoms with Crippen molar-refractivity contribution in [2.75, 3.05) is 26.2 Å². The summed E-state index contributed by atoms with van der Waals surface area (Å²) in [5, 5.41) is 6.86. The molecule has 3 heteroatoms. The van der Waals surface area contributed by atoms with E-state index in [1.165, 1.54) is 25.9 Å². The van der Waals surface area contributed by atoms with E-state index < -0.39 is 0 Å². The van der Waals surface area contributed by atoms with Crippen molar-refractivity contribution in [2.24, 2.45) is 5.92 Å². The topological polar surface area (TPSA) is 37.2 Å². The first-order valence-electron chi connectivity index (χ1n) is 5.89. The normalized spacial score (nSPS) is 20.9. The van der Waals surface area contributed by atoms with Crippen molar-refractivity contribution in [1.29, 1.82) is 0 Å². The average Bonchev–Trinajstić information content (AvgIpc) is 2.88. The summed E-state index contributed by atoms with van der Waals surface area (Å²) in [6, 6.07) is 3.97. The molecular formula is C12H20N2O. The van der Waals surface area contributed by atoms with Crippen LogP contribution >= 0.6 is 0 Å². The number of hydrogen-bond acceptors (Lipinski definition) is 3. The van der Waals surface area contributed by atoms with Crippen molar-refractivity contribution in [3.8, 4) is 0 Å². The molecule has 1 atom stereocenters. The number of hydrogen-bond donors (Lipinski definition) is 2. The zero-order valence-corrected chi connectivity index (χ0v) is 9.17. The molecule has 84 valence electrons. The van der Waals surface area contributed by atoms with Crippen LogP contribution in [0, 0.1) is 5.92 Å². The van der Waals surface area contributed by atoms with E-state index in [0.29, 0.717) is 0 Å². The Bertz CT molecular complexity index is 253. The Morgan fingerprint density at radius 3 is 3.20 bits per heavy atom. The first-order valence-corrected chi connectivity index (χ1v) is 5.89. The fourth-order valence-corrected chi connectivity index (χ4v) is 2.06. The molecule has 0 saturated carbocycles. The van der Waals surface area contributed by atoms with Crippen LogP contribution in [0.2, 0.25) is 0 Å². The molecule has 3 nitrogen and oxygen atoms in total. The number of nitrogens with one attached hydrogen (secondary N) is 2. The van der Waals surface area contributed by atoms with Crippen LogP contribution in [0.1, 0.15) is 18.6 Å². The minimum atomic E-state index is 0.890. The summed E-state index contributed by atoms with van der Waals surface area (Å²) in [4.78, 5) is 0. The van der Waals surface area contributed by atoms with Gasteiger partial charge in [-0.3, -0.25) is 0 Å². The fourth-order valence-electron chi connectivity index (χ4n) is 2.06. The van der Waals surface area contributed by atoms with Crippen LogP contribution in [0.3, 0.4) is 0 Å². The van der Waals surface area contributed by atoms with Gasteiger partial charge in [-0.15, -0.1) is 0 Å². The van der Waals surface area contributed by atoms with E-state index in [1.54, 1.807) is 6.26 Å². The number of furan rings is 1. The SMILES string of the molecule is c1coc(CCNCCC2CCNC2)c1. The lowest BCUT2D eigenvalue weighted by atomic mass is 10.1. The van der Waals surface area contributed by atoms with Crippen LogP contribution in [0.25, 0.3) is 0 Å². The fraction of sp³-hybridized carbons (Fsp3) is 0.667. The third kappa shape index (κ3) is 3.68. The van der Waals surface area contributed by atoms with Crippen LogP contribution in [-0.4, -0.2) is 26.2 Å². The molecule has 0 aromatic carbocycles. The van der Waals surface area contributed by atoms with Gasteiger partial charge in [-0.1, -0.05) is 0 Å². The average molecular weight is 208 g/mol. The highest BCUT2D eigenvalue weighted by Crippen LogP contribution is 2.10. The van der Waals surface area contributed by atoms with E-state index in [4.69, 9.17) is 4.42 Å². The molecule has 1 aromatic rings. The maximum atomic E-state index is 5.26. The first kappa shape index (κ1) is 10.7. The number of rotatable bonds is 6. The molecule has 2 rings (SSSR count). The van der Waals surface area contributed by atoms with Gasteiger partial charge in [-0.2, -0.15) is 0 Å². The van der Waals surface area contributed by atoms with Gasteiger partial charge in [-0.05, 0) is 50.5 Å². The van der Waals surface area contributed by atoms with Gasteiger partial charge in [0.15, 0.2) is 0 Å². The van der Waals surface area contributed by atoms with Crippen molar-refractivity contribution >= 4 is 0 Å². The molecule has 1 aliphatic rings. The van der Waals surface area contributed by atoms with Gasteiger partial charge in [0.05, 0.1) is 6.26 Å². The van der Waals surface area contributed by atoms with Gasteiger partial charge in [-0.25, -0.2) is 0 Å². The third-order valence-electron chi connectivity index (χ3n) is 3.02. The molecule has 0 aliphatic carbocycles. The van der Waals surface area contributed by atoms with E-state index in [2.05, 4.69) is 10.6 Å². The molecule has 15 heavy (non-hydrogen) atoms. The summed E-state index contributed by atoms with van der Waals surface area (Å²) in [5.74, 6) is 1.96. The zero-order valence-electron chi connectivity index (χ0n) is 9.17. The third-order valence-corrected chi connectivity index (χ3v) is 3.02. The van der Waals surface area contributed by atoms with Crippen LogP contribution in [0.5, 0.6) is 0 Å². The molecule has 0 bridgehead atoms. The van der Waals surface area contributed by atoms with E-state index in [9.17, 15) is 0 Å². The quantitative estimate of drug-likeness (QED) is 0.694. The smallest absolute Gasteiger partial charge is 0.105 e. The predicted molar refractivity (Wildman–Crippen MR) is 60.9 cm³/mol. The summed E-state index contributed by atoms with van der Waals surface area (Å²) in [5.41, 5.74) is 0. The van der Waals surface area contributed by atoms with Crippen molar-refractivity contribution in [2.45, 2.75) is 19.3 Å². The Morgan fingerprint density at radius 2 is 2.47 bits per heavy atom. The van der Waals surface area contributed by atoms with Gasteiger partial charge in [0.1, 0.15) is 5.76 Å². The summed E-state index contributed by atoms with van der Waals surface area (Å²) in [7, 11) is 0. The Kier molecular flexibility index (Phi) is 4.23. The van der Waals surface area contributed by atoms with E-state index in [1.807, 2.05) is 12.1 Å². The van der Waals surface area contributed by atoms with Crippen LogP contribution < -0.4 is 10.6 Å². The summed E-state index contributed by atoms with van der Waals surface area (Å²) < 4.78 is 5.26. The van der Waals surface area contributed by atoms with Crippen LogP contribution in [0.4, 0.5) is 0 Å². The highest BCUT2D eigenvalue weighted by molar-refractivity contribution is 4.98. The summed E-state index contributed by atoms with van der Waals surface area (Å²) >= 11 is 0. The second kappa shape index (κ2) is 5.93. The lowest BCUT2D eigenvalue weighted by Crippen LogP contribution is -2.21. The second-order valence-electron chi connectivity index (χ2n) is 4.23. The van der Waals surface area contributed by atoms with Gasteiger partial charge >= 0.3 is 0 Å². The molecule has 0 spiro atoms. The summed E-state index contributed by atoms with van der Waals surface area (Å²) in [6.07, 6.45) is 5.38. The molecule has 0 amide bonds. The van der Waals surface area contributed by atoms with Gasteiger partial charge < -0.3 is 15.1 Å². The zero-order chi connectivity index (χ0) is 10.3. The molecular weight excluding hydrogens is 188 g/mol. The van der Waals surface area contributed by atoms with Crippen molar-refractivity contribution in [3.63, 3.8) is 0 Å². The van der Waals surface area contributed by atoms with Crippen LogP contribution in [-0.2, 0) is 6.42 Å². The van der Waals surface area contributed by atoms with E-state index in [0.717, 1.165) is 31.2 Å². The van der Waals surface area contributed by atoms with E-state index in [-0.39, 0.29) is 0 Å². The standard InChI is InChI=1S/C12H20N2O/c1-2-12(15-9-1)5-8-13-6-3-11-4-7-14-10-11/h1-2,9,11,13-14H,3-8,10H2. The Labute approximate surface area is 91.2 Å². The van der Waals surface area contributed by atoms with E-state index >= 15 is 0 Å². The molecule has 0 radical (unpaired) electrons. The van der Waals surface area contributed by atoms with Crippen molar-refractivity contribution in [3.05, 3.63) is 24.2 Å². The van der Waals surface area contributed by atoms with Crippen molar-refractivity contribution in [1.82, 2.24) is 10.6 Å². The Hall–Kier alpha value is -0.800. The lowest BCUT2D eigenvalue weighted by molar-refractivity contribution is 0.477. The van der Waals surface area contributed by atoms with Gasteiger partial charge in [0, 0.05) is 13.0 Å². The Morgan fingerprint density at radius 1 is 1.47 bits per heavy atom. The molecule has 2 heterocycles. The Balaban J connectivity index is 1.48. The first-order chi connectivity index (χ1) is 7.45. The highest BCUT2D eigenvalue weighted by Gasteiger charge is 2.12. The molecule has 2 N–H and O–H groups in total. The maximum absolute atomic E-state index is 5.26. The monoisotopic (exact) mass is 208 g/mol. The summed E-state index contributed by atoms with van der Waals surface area (Å²) in [6.45, 7) is 4.57. The van der Waals surface area contributed by atoms with Crippen LogP contribution in [0.15, 0.2) is 22.8 Å². The largest absolute Gasteiger partial charge is 0.469 e. The minimum absolute atomic E-state index is 0.890. The van der Waals surface area contributed by atoms with Gasteiger partial charge in [0.2, 0.25) is 0 Å². The van der Waals surface area contributed by atoms with Crippen molar-refractivity contribution < 1.29 is 4.42 Å². The lowest BCUT2D eigenvalue weighted by Gasteiger charge is -2.08. The second-order valence-corrected chi connectivity index (χ2v) is 4.23. The maximum Gasteiger partial charge on any atom is 0.105 e. The molecule has 1 aromatic heterocycles. The minimum Gasteiger partial charge on any atom is -0.469 e. The van der Waals surface area contributed by atoms with Gasteiger partial charge in [0.25, 0.3) is 0 Å². The molecule has 1 fully saturated rings. The highest BCUT2D eigenvalue weighted by atomic mass is 16.3. The molecule has 1 unspecified atom stereocenters. The molecule has 1 saturated heterocycles. The predicted octanol–water partition coefficient (Wildman–Crippen LogP) is 1.41. The molecule has 1 aliphatic heterocycles.